The van der Waals surface area contributed by atoms with Crippen LogP contribution < -0.4 is 0 Å². The molecule has 0 bridgehead atoms. The van der Waals surface area contributed by atoms with Gasteiger partial charge in [-0.15, -0.1) is 0 Å². The molecule has 0 heterocycles. The lowest BCUT2D eigenvalue weighted by molar-refractivity contribution is 0.481. The lowest BCUT2D eigenvalue weighted by Gasteiger charge is -2.09. The summed E-state index contributed by atoms with van der Waals surface area (Å²) < 4.78 is 33.1. The summed E-state index contributed by atoms with van der Waals surface area (Å²) in [5.74, 6) is 0. The molecule has 1 aromatic carbocycles. The van der Waals surface area contributed by atoms with Crippen molar-refractivity contribution in [3.05, 3.63) is 27.3 Å². The van der Waals surface area contributed by atoms with Gasteiger partial charge in [0.2, 0.25) is 0 Å². The smallest absolute Gasteiger partial charge is 0.282 e. The minimum absolute atomic E-state index is 0.0697. The first-order valence-corrected chi connectivity index (χ1v) is 11.2. The van der Waals surface area contributed by atoms with E-state index in [1.165, 1.54) is 57.4 Å². The number of benzene rings is 1. The van der Waals surface area contributed by atoms with Crippen LogP contribution in [-0.4, -0.2) is 13.0 Å². The molecule has 0 fully saturated rings. The second-order valence-corrected chi connectivity index (χ2v) is 8.68. The molecule has 1 N–H and O–H groups in total. The second-order valence-electron chi connectivity index (χ2n) is 6.12. The molecule has 0 aromatic heterocycles. The van der Waals surface area contributed by atoms with Gasteiger partial charge in [0.05, 0.1) is 4.90 Å². The number of hydrogen-bond acceptors (Lipinski definition) is 2. The predicted octanol–water partition coefficient (Wildman–Crippen LogP) is 6.00. The minimum Gasteiger partial charge on any atom is -0.282 e. The van der Waals surface area contributed by atoms with E-state index in [-0.39, 0.29) is 4.90 Å². The van der Waals surface area contributed by atoms with Gasteiger partial charge < -0.3 is 0 Å². The SMILES string of the molecule is CCCCCCCCCCCCc1c(I)cccc1S(=O)(=O)O. The van der Waals surface area contributed by atoms with Crippen molar-refractivity contribution in [2.75, 3.05) is 0 Å². The topological polar surface area (TPSA) is 54.4 Å². The molecule has 0 radical (unpaired) electrons. The van der Waals surface area contributed by atoms with E-state index in [1.807, 2.05) is 6.07 Å². The minimum atomic E-state index is -4.12. The van der Waals surface area contributed by atoms with Crippen LogP contribution >= 0.6 is 22.6 Å². The number of hydrogen-bond donors (Lipinski definition) is 1. The van der Waals surface area contributed by atoms with Crippen molar-refractivity contribution >= 4 is 32.7 Å². The molecule has 0 aliphatic heterocycles. The molecule has 23 heavy (non-hydrogen) atoms. The van der Waals surface area contributed by atoms with Crippen molar-refractivity contribution in [1.82, 2.24) is 0 Å². The van der Waals surface area contributed by atoms with Gasteiger partial charge in [0.1, 0.15) is 0 Å². The van der Waals surface area contributed by atoms with Crippen LogP contribution in [0.5, 0.6) is 0 Å². The quantitative estimate of drug-likeness (QED) is 0.240. The average molecular weight is 452 g/mol. The highest BCUT2D eigenvalue weighted by Crippen LogP contribution is 2.23. The zero-order valence-electron chi connectivity index (χ0n) is 14.1. The van der Waals surface area contributed by atoms with Gasteiger partial charge in [-0.1, -0.05) is 70.8 Å². The van der Waals surface area contributed by atoms with Gasteiger partial charge in [-0.2, -0.15) is 8.42 Å². The Bertz CT molecular complexity index is 555. The number of rotatable bonds is 12. The van der Waals surface area contributed by atoms with Crippen LogP contribution in [0.2, 0.25) is 0 Å². The molecular weight excluding hydrogens is 423 g/mol. The maximum atomic E-state index is 11.4. The third-order valence-electron chi connectivity index (χ3n) is 4.13. The van der Waals surface area contributed by atoms with Crippen molar-refractivity contribution in [3.8, 4) is 0 Å². The predicted molar refractivity (Wildman–Crippen MR) is 105 cm³/mol. The summed E-state index contributed by atoms with van der Waals surface area (Å²) >= 11 is 2.14. The molecule has 0 aliphatic rings. The Morgan fingerprint density at radius 3 is 1.96 bits per heavy atom. The zero-order chi connectivity index (χ0) is 17.1. The Labute approximate surface area is 155 Å². The standard InChI is InChI=1S/C18H29IO3S/c1-2-3-4-5-6-7-8-9-10-11-13-16-17(19)14-12-15-18(16)23(20,21)22/h12,14-15H,2-11,13H2,1H3,(H,20,21,22). The van der Waals surface area contributed by atoms with Gasteiger partial charge in [0.25, 0.3) is 10.1 Å². The van der Waals surface area contributed by atoms with Crippen LogP contribution in [0.15, 0.2) is 23.1 Å². The van der Waals surface area contributed by atoms with Crippen molar-refractivity contribution in [1.29, 1.82) is 0 Å². The first-order chi connectivity index (χ1) is 11.0. The Morgan fingerprint density at radius 1 is 0.913 bits per heavy atom. The first kappa shape index (κ1) is 20.9. The molecule has 5 heteroatoms. The normalized spacial score (nSPS) is 11.8. The van der Waals surface area contributed by atoms with Crippen LogP contribution in [0.25, 0.3) is 0 Å². The summed E-state index contributed by atoms with van der Waals surface area (Å²) in [6.45, 7) is 2.24. The van der Waals surface area contributed by atoms with Gasteiger partial charge in [-0.3, -0.25) is 4.55 Å². The fraction of sp³-hybridized carbons (Fsp3) is 0.667. The maximum absolute atomic E-state index is 11.4. The molecule has 0 unspecified atom stereocenters. The van der Waals surface area contributed by atoms with Crippen LogP contribution in [0.4, 0.5) is 0 Å². The highest BCUT2D eigenvalue weighted by atomic mass is 127. The van der Waals surface area contributed by atoms with Crippen molar-refractivity contribution in [2.45, 2.75) is 82.4 Å². The van der Waals surface area contributed by atoms with Crippen LogP contribution in [0.3, 0.4) is 0 Å². The van der Waals surface area contributed by atoms with Crippen LogP contribution in [0.1, 0.15) is 76.7 Å². The highest BCUT2D eigenvalue weighted by molar-refractivity contribution is 14.1. The fourth-order valence-corrected chi connectivity index (χ4v) is 4.54. The van der Waals surface area contributed by atoms with E-state index in [1.54, 1.807) is 6.07 Å². The van der Waals surface area contributed by atoms with Gasteiger partial charge in [0.15, 0.2) is 0 Å². The summed E-state index contributed by atoms with van der Waals surface area (Å²) in [5.41, 5.74) is 0.759. The fourth-order valence-electron chi connectivity index (χ4n) is 2.81. The average Bonchev–Trinajstić information content (AvgIpc) is 2.49. The van der Waals surface area contributed by atoms with Gasteiger partial charge in [-0.25, -0.2) is 0 Å². The van der Waals surface area contributed by atoms with E-state index in [0.717, 1.165) is 22.0 Å². The van der Waals surface area contributed by atoms with Gasteiger partial charge >= 0.3 is 0 Å². The number of halogens is 1. The summed E-state index contributed by atoms with van der Waals surface area (Å²) in [6.07, 6.45) is 13.3. The molecule has 0 amide bonds. The molecule has 1 rings (SSSR count). The second kappa shape index (κ2) is 11.4. The van der Waals surface area contributed by atoms with Crippen molar-refractivity contribution < 1.29 is 13.0 Å². The Morgan fingerprint density at radius 2 is 1.43 bits per heavy atom. The Balaban J connectivity index is 2.27. The van der Waals surface area contributed by atoms with Gasteiger partial charge in [-0.05, 0) is 53.1 Å². The summed E-state index contributed by atoms with van der Waals surface area (Å²) in [5, 5.41) is 0. The van der Waals surface area contributed by atoms with Crippen LogP contribution in [-0.2, 0) is 16.5 Å². The lowest BCUT2D eigenvalue weighted by Crippen LogP contribution is -2.05. The van der Waals surface area contributed by atoms with E-state index in [0.29, 0.717) is 6.42 Å². The third kappa shape index (κ3) is 8.49. The molecule has 1 aromatic rings. The first-order valence-electron chi connectivity index (χ1n) is 8.71. The Hall–Kier alpha value is -0.140. The molecule has 0 spiro atoms. The monoisotopic (exact) mass is 452 g/mol. The van der Waals surface area contributed by atoms with E-state index in [2.05, 4.69) is 29.5 Å². The molecular formula is C18H29IO3S. The van der Waals surface area contributed by atoms with Crippen LogP contribution in [0, 0.1) is 3.57 Å². The summed E-state index contributed by atoms with van der Waals surface area (Å²) in [7, 11) is -4.12. The van der Waals surface area contributed by atoms with Crippen molar-refractivity contribution in [3.63, 3.8) is 0 Å². The maximum Gasteiger partial charge on any atom is 0.294 e. The van der Waals surface area contributed by atoms with E-state index in [4.69, 9.17) is 0 Å². The summed E-state index contributed by atoms with van der Waals surface area (Å²) in [6, 6.07) is 5.05. The number of unbranched alkanes of at least 4 members (excludes halogenated alkanes) is 9. The van der Waals surface area contributed by atoms with E-state index < -0.39 is 10.1 Å². The van der Waals surface area contributed by atoms with E-state index >= 15 is 0 Å². The van der Waals surface area contributed by atoms with E-state index in [9.17, 15) is 13.0 Å². The highest BCUT2D eigenvalue weighted by Gasteiger charge is 2.16. The Kier molecular flexibility index (Phi) is 10.4. The molecule has 0 saturated carbocycles. The van der Waals surface area contributed by atoms with Crippen molar-refractivity contribution in [2.24, 2.45) is 0 Å². The lowest BCUT2D eigenvalue weighted by atomic mass is 10.0. The molecule has 3 nitrogen and oxygen atoms in total. The zero-order valence-corrected chi connectivity index (χ0v) is 17.0. The molecule has 0 aliphatic carbocycles. The molecule has 0 atom stereocenters. The van der Waals surface area contributed by atoms with Gasteiger partial charge in [0, 0.05) is 3.57 Å². The molecule has 0 saturated heterocycles. The third-order valence-corrected chi connectivity index (χ3v) is 6.08. The largest absolute Gasteiger partial charge is 0.294 e. The summed E-state index contributed by atoms with van der Waals surface area (Å²) in [4.78, 5) is 0.0697. The molecule has 132 valence electrons.